The molecule has 1 fully saturated rings. The Bertz CT molecular complexity index is 587. The van der Waals surface area contributed by atoms with E-state index in [9.17, 15) is 8.42 Å². The lowest BCUT2D eigenvalue weighted by Crippen LogP contribution is -2.31. The van der Waals surface area contributed by atoms with Crippen LogP contribution in [0.5, 0.6) is 0 Å². The topological polar surface area (TPSA) is 75.4 Å². The molecule has 0 bridgehead atoms. The largest absolute Gasteiger partial charge is 0.326 e. The molecule has 1 heterocycles. The van der Waals surface area contributed by atoms with Gasteiger partial charge in [0.25, 0.3) is 0 Å². The van der Waals surface area contributed by atoms with Crippen LogP contribution >= 0.6 is 0 Å². The number of sulfonamides is 1. The molecule has 0 amide bonds. The van der Waals surface area contributed by atoms with Crippen LogP contribution in [-0.2, 0) is 16.6 Å². The molecular weight excluding hydrogens is 286 g/mol. The maximum atomic E-state index is 12.3. The second kappa shape index (κ2) is 6.87. The van der Waals surface area contributed by atoms with Gasteiger partial charge in [-0.3, -0.25) is 0 Å². The Kier molecular flexibility index (Phi) is 5.37. The Morgan fingerprint density at radius 2 is 2.19 bits per heavy atom. The minimum atomic E-state index is -3.43. The summed E-state index contributed by atoms with van der Waals surface area (Å²) in [6, 6.07) is 5.11. The third-order valence-electron chi connectivity index (χ3n) is 4.22. The molecule has 1 saturated heterocycles. The fourth-order valence-corrected chi connectivity index (χ4v) is 3.94. The van der Waals surface area contributed by atoms with E-state index in [4.69, 9.17) is 5.73 Å². The van der Waals surface area contributed by atoms with Crippen LogP contribution in [0.1, 0.15) is 24.5 Å². The first-order chi connectivity index (χ1) is 9.96. The van der Waals surface area contributed by atoms with E-state index in [0.717, 1.165) is 37.2 Å². The third kappa shape index (κ3) is 4.03. The average Bonchev–Trinajstić information content (AvgIpc) is 2.93. The van der Waals surface area contributed by atoms with E-state index in [2.05, 4.69) is 16.5 Å². The van der Waals surface area contributed by atoms with E-state index >= 15 is 0 Å². The quantitative estimate of drug-likeness (QED) is 0.824. The molecule has 0 radical (unpaired) electrons. The van der Waals surface area contributed by atoms with Crippen LogP contribution in [0.4, 0.5) is 0 Å². The molecule has 2 rings (SSSR count). The van der Waals surface area contributed by atoms with Crippen LogP contribution in [0.2, 0.25) is 0 Å². The van der Waals surface area contributed by atoms with Crippen LogP contribution < -0.4 is 10.5 Å². The van der Waals surface area contributed by atoms with Crippen molar-refractivity contribution in [1.82, 2.24) is 9.62 Å². The molecule has 1 aromatic carbocycles. The highest BCUT2D eigenvalue weighted by Gasteiger charge is 2.23. The molecule has 5 nitrogen and oxygen atoms in total. The number of aryl methyl sites for hydroxylation is 1. The van der Waals surface area contributed by atoms with E-state index in [1.165, 1.54) is 0 Å². The molecule has 0 aromatic heterocycles. The Balaban J connectivity index is 2.00. The maximum absolute atomic E-state index is 12.3. The molecule has 0 saturated carbocycles. The summed E-state index contributed by atoms with van der Waals surface area (Å²) in [6.07, 6.45) is 1.06. The normalized spacial score (nSPS) is 20.0. The molecule has 1 aromatic rings. The van der Waals surface area contributed by atoms with Gasteiger partial charge in [0, 0.05) is 19.6 Å². The molecular formula is C15H25N3O2S. The van der Waals surface area contributed by atoms with Gasteiger partial charge in [0.05, 0.1) is 4.90 Å². The lowest BCUT2D eigenvalue weighted by molar-refractivity contribution is 0.342. The van der Waals surface area contributed by atoms with E-state index in [1.54, 1.807) is 18.2 Å². The fourth-order valence-electron chi connectivity index (χ4n) is 2.74. The smallest absolute Gasteiger partial charge is 0.240 e. The van der Waals surface area contributed by atoms with Crippen LogP contribution in [0.25, 0.3) is 0 Å². The summed E-state index contributed by atoms with van der Waals surface area (Å²) in [4.78, 5) is 2.67. The van der Waals surface area contributed by atoms with E-state index in [-0.39, 0.29) is 0 Å². The van der Waals surface area contributed by atoms with Crippen LogP contribution in [0.3, 0.4) is 0 Å². The predicted octanol–water partition coefficient (Wildman–Crippen LogP) is 1.07. The van der Waals surface area contributed by atoms with Gasteiger partial charge in [-0.2, -0.15) is 0 Å². The van der Waals surface area contributed by atoms with Gasteiger partial charge in [-0.15, -0.1) is 0 Å². The number of benzene rings is 1. The minimum Gasteiger partial charge on any atom is -0.326 e. The first kappa shape index (κ1) is 16.4. The van der Waals surface area contributed by atoms with Crippen molar-refractivity contribution in [2.24, 2.45) is 11.7 Å². The zero-order valence-electron chi connectivity index (χ0n) is 12.8. The summed E-state index contributed by atoms with van der Waals surface area (Å²) in [6.45, 7) is 8.02. The van der Waals surface area contributed by atoms with E-state index in [0.29, 0.717) is 23.9 Å². The number of rotatable bonds is 6. The van der Waals surface area contributed by atoms with Crippen LogP contribution in [0.15, 0.2) is 23.1 Å². The average molecular weight is 311 g/mol. The van der Waals surface area contributed by atoms with E-state index < -0.39 is 10.0 Å². The highest BCUT2D eigenvalue weighted by atomic mass is 32.2. The van der Waals surface area contributed by atoms with Crippen LogP contribution in [0, 0.1) is 12.8 Å². The molecule has 0 aliphatic carbocycles. The summed E-state index contributed by atoms with van der Waals surface area (Å²) >= 11 is 0. The number of hydrogen-bond donors (Lipinski definition) is 2. The summed E-state index contributed by atoms with van der Waals surface area (Å²) in [5, 5.41) is 0. The van der Waals surface area contributed by atoms with Gasteiger partial charge in [0.2, 0.25) is 10.0 Å². The van der Waals surface area contributed by atoms with Crippen molar-refractivity contribution in [2.75, 3.05) is 26.2 Å². The lowest BCUT2D eigenvalue weighted by atomic mass is 10.1. The van der Waals surface area contributed by atoms with Gasteiger partial charge >= 0.3 is 0 Å². The second-order valence-corrected chi connectivity index (χ2v) is 7.46. The van der Waals surface area contributed by atoms with E-state index in [1.807, 2.05) is 6.92 Å². The number of nitrogens with zero attached hydrogens (tertiary/aromatic N) is 1. The molecule has 1 aliphatic rings. The highest BCUT2D eigenvalue weighted by molar-refractivity contribution is 7.89. The van der Waals surface area contributed by atoms with Crippen molar-refractivity contribution in [3.8, 4) is 0 Å². The first-order valence-corrected chi connectivity index (χ1v) is 8.96. The summed E-state index contributed by atoms with van der Waals surface area (Å²) in [5.74, 6) is 0.407. The predicted molar refractivity (Wildman–Crippen MR) is 84.5 cm³/mol. The van der Waals surface area contributed by atoms with Gasteiger partial charge in [-0.1, -0.05) is 13.0 Å². The summed E-state index contributed by atoms with van der Waals surface area (Å²) in [7, 11) is -3.43. The summed E-state index contributed by atoms with van der Waals surface area (Å²) in [5.41, 5.74) is 7.50. The maximum Gasteiger partial charge on any atom is 0.240 e. The molecule has 0 spiro atoms. The summed E-state index contributed by atoms with van der Waals surface area (Å²) < 4.78 is 27.4. The van der Waals surface area contributed by atoms with Crippen molar-refractivity contribution in [1.29, 1.82) is 0 Å². The Morgan fingerprint density at radius 3 is 2.76 bits per heavy atom. The van der Waals surface area contributed by atoms with Crippen molar-refractivity contribution >= 4 is 10.0 Å². The van der Waals surface area contributed by atoms with Gasteiger partial charge in [0.1, 0.15) is 0 Å². The van der Waals surface area contributed by atoms with Crippen molar-refractivity contribution in [3.05, 3.63) is 29.3 Å². The first-order valence-electron chi connectivity index (χ1n) is 7.48. The molecule has 1 aliphatic heterocycles. The standard InChI is InChI=1S/C15H25N3O2S/c1-3-18-7-6-13(11-18)10-17-21(19,20)15-5-4-14(9-16)12(2)8-15/h4-5,8,13,17H,3,6-7,9-11,16H2,1-2H3. The highest BCUT2D eigenvalue weighted by Crippen LogP contribution is 2.18. The van der Waals surface area contributed by atoms with Crippen LogP contribution in [-0.4, -0.2) is 39.5 Å². The number of nitrogens with one attached hydrogen (secondary N) is 1. The van der Waals surface area contributed by atoms with Gasteiger partial charge < -0.3 is 10.6 Å². The second-order valence-electron chi connectivity index (χ2n) is 5.69. The number of hydrogen-bond acceptors (Lipinski definition) is 4. The number of likely N-dealkylation sites (tertiary alicyclic amines) is 1. The molecule has 21 heavy (non-hydrogen) atoms. The minimum absolute atomic E-state index is 0.322. The third-order valence-corrected chi connectivity index (χ3v) is 5.64. The Labute approximate surface area is 127 Å². The lowest BCUT2D eigenvalue weighted by Gasteiger charge is -2.14. The van der Waals surface area contributed by atoms with Crippen molar-refractivity contribution in [3.63, 3.8) is 0 Å². The molecule has 1 atom stereocenters. The van der Waals surface area contributed by atoms with Gasteiger partial charge in [-0.05, 0) is 55.6 Å². The fraction of sp³-hybridized carbons (Fsp3) is 0.600. The van der Waals surface area contributed by atoms with Crippen molar-refractivity contribution < 1.29 is 8.42 Å². The zero-order chi connectivity index (χ0) is 15.5. The van der Waals surface area contributed by atoms with Gasteiger partial charge in [-0.25, -0.2) is 13.1 Å². The molecule has 6 heteroatoms. The van der Waals surface area contributed by atoms with Gasteiger partial charge in [0.15, 0.2) is 0 Å². The van der Waals surface area contributed by atoms with Crippen molar-refractivity contribution in [2.45, 2.75) is 31.7 Å². The SMILES string of the molecule is CCN1CCC(CNS(=O)(=O)c2ccc(CN)c(C)c2)C1. The monoisotopic (exact) mass is 311 g/mol. The molecule has 118 valence electrons. The Hall–Kier alpha value is -0.950. The Morgan fingerprint density at radius 1 is 1.43 bits per heavy atom. The molecule has 3 N–H and O–H groups in total. The zero-order valence-corrected chi connectivity index (χ0v) is 13.6. The number of nitrogens with two attached hydrogens (primary N) is 1. The molecule has 1 unspecified atom stereocenters.